The third-order valence-corrected chi connectivity index (χ3v) is 1.65. The van der Waals surface area contributed by atoms with Crippen molar-refractivity contribution >= 4 is 15.9 Å². The van der Waals surface area contributed by atoms with Crippen molar-refractivity contribution < 1.29 is 20.0 Å². The molecule has 0 N–H and O–H groups in total. The Kier molecular flexibility index (Phi) is 1.17. The molecule has 0 spiro atoms. The number of pyridine rings is 1. The minimum absolute atomic E-state index is 0.794. The molecule has 0 aliphatic rings. The van der Waals surface area contributed by atoms with E-state index in [0.29, 0.717) is 0 Å². The minimum atomic E-state index is -4.96. The van der Waals surface area contributed by atoms with Crippen LogP contribution in [0.2, 0.25) is 0 Å². The largest absolute Gasteiger partial charge is 0.419 e. The number of aromatic nitrogens is 1. The Labute approximate surface area is 82.8 Å². The van der Waals surface area contributed by atoms with Crippen LogP contribution in [0.4, 0.5) is 13.2 Å². The Hall–Kier alpha value is -0.580. The van der Waals surface area contributed by atoms with Gasteiger partial charge in [0.1, 0.15) is 4.60 Å². The molecule has 0 unspecified atom stereocenters. The molecule has 12 heavy (non-hydrogen) atoms. The first-order valence-corrected chi connectivity index (χ1v) is 3.50. The Bertz CT molecular complexity index is 456. The Morgan fingerprint density at radius 3 is 2.83 bits per heavy atom. The second-order valence-corrected chi connectivity index (χ2v) is 2.64. The zero-order chi connectivity index (χ0) is 13.6. The summed E-state index contributed by atoms with van der Waals surface area (Å²) in [5.74, 6) is 0. The first kappa shape index (κ1) is 4.60. The zero-order valence-corrected chi connectivity index (χ0v) is 7.05. The number of hydrogen-bond donors (Lipinski definition) is 0. The lowest BCUT2D eigenvalue weighted by molar-refractivity contribution is -0.138. The van der Waals surface area contributed by atoms with E-state index in [0.717, 1.165) is 0 Å². The van der Waals surface area contributed by atoms with Gasteiger partial charge in [0.25, 0.3) is 0 Å². The molecular formula is C7H5BrF3N. The highest BCUT2D eigenvalue weighted by Gasteiger charge is 2.35. The third kappa shape index (κ3) is 1.77. The molecule has 0 bridgehead atoms. The van der Waals surface area contributed by atoms with Gasteiger partial charge in [-0.05, 0) is 34.4 Å². The van der Waals surface area contributed by atoms with Crippen LogP contribution < -0.4 is 0 Å². The fourth-order valence-electron chi connectivity index (χ4n) is 0.613. The number of hydrogen-bond acceptors (Lipinski definition) is 1. The summed E-state index contributed by atoms with van der Waals surface area (Å²) in [6, 6.07) is -1.04. The lowest BCUT2D eigenvalue weighted by atomic mass is 10.1. The molecule has 0 atom stereocenters. The van der Waals surface area contributed by atoms with Gasteiger partial charge in [0.2, 0.25) is 0 Å². The van der Waals surface area contributed by atoms with Gasteiger partial charge < -0.3 is 0 Å². The van der Waals surface area contributed by atoms with Crippen LogP contribution in [0.1, 0.15) is 18.0 Å². The van der Waals surface area contributed by atoms with Gasteiger partial charge in [0.05, 0.1) is 8.30 Å². The second-order valence-electron chi connectivity index (χ2n) is 1.89. The summed E-state index contributed by atoms with van der Waals surface area (Å²) in [6.45, 7) is -3.14. The van der Waals surface area contributed by atoms with Crippen molar-refractivity contribution in [1.29, 1.82) is 0 Å². The second kappa shape index (κ2) is 3.05. The summed E-state index contributed by atoms with van der Waals surface area (Å²) in [6.07, 6.45) is -5.78. The molecule has 1 nitrogen and oxygen atoms in total. The van der Waals surface area contributed by atoms with Crippen molar-refractivity contribution in [1.82, 2.24) is 4.98 Å². The standard InChI is InChI=1S/C7H5BrF3N/c1-4-2-3-12-6(8)5(4)7(9,10)11/h2-3H,1H3/i1D3,2D,3D. The van der Waals surface area contributed by atoms with Gasteiger partial charge in [0.15, 0.2) is 0 Å². The summed E-state index contributed by atoms with van der Waals surface area (Å²) in [5.41, 5.74) is -2.74. The van der Waals surface area contributed by atoms with Gasteiger partial charge >= 0.3 is 6.18 Å². The molecule has 0 amide bonds. The molecule has 0 fully saturated rings. The predicted molar refractivity (Wildman–Crippen MR) is 41.7 cm³/mol. The highest BCUT2D eigenvalue weighted by molar-refractivity contribution is 9.10. The van der Waals surface area contributed by atoms with Crippen LogP contribution in [0.3, 0.4) is 0 Å². The number of rotatable bonds is 0. The van der Waals surface area contributed by atoms with Gasteiger partial charge in [0, 0.05) is 10.3 Å². The Morgan fingerprint density at radius 1 is 1.67 bits per heavy atom. The normalized spacial score (nSPS) is 18.8. The van der Waals surface area contributed by atoms with Gasteiger partial charge in [-0.15, -0.1) is 0 Å². The predicted octanol–water partition coefficient (Wildman–Crippen LogP) is 3.17. The monoisotopic (exact) mass is 244 g/mol. The molecule has 1 aromatic heterocycles. The first-order chi connectivity index (χ1) is 7.46. The first-order valence-electron chi connectivity index (χ1n) is 5.20. The molecule has 0 radical (unpaired) electrons. The molecule has 0 saturated heterocycles. The summed E-state index contributed by atoms with van der Waals surface area (Å²) in [5, 5.41) is 0. The van der Waals surface area contributed by atoms with E-state index >= 15 is 0 Å². The fourth-order valence-corrected chi connectivity index (χ4v) is 1.12. The van der Waals surface area contributed by atoms with Crippen LogP contribution in [0.5, 0.6) is 0 Å². The van der Waals surface area contributed by atoms with Gasteiger partial charge in [-0.3, -0.25) is 0 Å². The van der Waals surface area contributed by atoms with Crippen molar-refractivity contribution in [3.8, 4) is 0 Å². The quantitative estimate of drug-likeness (QED) is 0.639. The van der Waals surface area contributed by atoms with E-state index in [4.69, 9.17) is 6.85 Å². The van der Waals surface area contributed by atoms with Crippen molar-refractivity contribution in [2.24, 2.45) is 0 Å². The molecule has 0 aliphatic heterocycles. The van der Waals surface area contributed by atoms with E-state index < -0.39 is 41.0 Å². The van der Waals surface area contributed by atoms with E-state index in [1.54, 1.807) is 0 Å². The van der Waals surface area contributed by atoms with Crippen LogP contribution in [0.25, 0.3) is 0 Å². The third-order valence-electron chi connectivity index (χ3n) is 1.07. The maximum absolute atomic E-state index is 12.7. The number of alkyl halides is 3. The van der Waals surface area contributed by atoms with Crippen molar-refractivity contribution in [3.05, 3.63) is 27.9 Å². The fraction of sp³-hybridized carbons (Fsp3) is 0.286. The number of nitrogens with zero attached hydrogens (tertiary/aromatic N) is 1. The molecule has 0 aliphatic carbocycles. The van der Waals surface area contributed by atoms with Crippen LogP contribution in [-0.2, 0) is 6.18 Å². The van der Waals surface area contributed by atoms with Crippen LogP contribution in [0, 0.1) is 6.85 Å². The molecule has 1 aromatic rings. The smallest absolute Gasteiger partial charge is 0.249 e. The summed E-state index contributed by atoms with van der Waals surface area (Å²) in [4.78, 5) is 3.14. The minimum Gasteiger partial charge on any atom is -0.249 e. The average Bonchev–Trinajstić information content (AvgIpc) is 2.06. The SMILES string of the molecule is [2H]c1nc(Br)c(C(F)(F)F)c(C([2H])([2H])[2H])c1[2H]. The summed E-state index contributed by atoms with van der Waals surface area (Å²) in [7, 11) is 0. The lowest BCUT2D eigenvalue weighted by Gasteiger charge is -2.10. The molecule has 66 valence electrons. The van der Waals surface area contributed by atoms with Crippen LogP contribution in [-0.4, -0.2) is 4.98 Å². The maximum atomic E-state index is 12.7. The molecule has 5 heteroatoms. The molecule has 0 aromatic carbocycles. The molecule has 1 heterocycles. The van der Waals surface area contributed by atoms with E-state index in [-0.39, 0.29) is 0 Å². The van der Waals surface area contributed by atoms with E-state index in [2.05, 4.69) is 20.9 Å². The van der Waals surface area contributed by atoms with Crippen LogP contribution in [0.15, 0.2) is 16.8 Å². The van der Waals surface area contributed by atoms with E-state index in [1.807, 2.05) is 0 Å². The van der Waals surface area contributed by atoms with Gasteiger partial charge in [-0.1, -0.05) is 0 Å². The van der Waals surface area contributed by atoms with E-state index in [9.17, 15) is 13.2 Å². The molecule has 1 rings (SSSR count). The summed E-state index contributed by atoms with van der Waals surface area (Å²) < 4.78 is 72.7. The van der Waals surface area contributed by atoms with Crippen LogP contribution >= 0.6 is 15.9 Å². The van der Waals surface area contributed by atoms with Gasteiger partial charge in [-0.25, -0.2) is 4.98 Å². The van der Waals surface area contributed by atoms with Crippen molar-refractivity contribution in [2.75, 3.05) is 0 Å². The Morgan fingerprint density at radius 2 is 2.33 bits per heavy atom. The van der Waals surface area contributed by atoms with Crippen molar-refractivity contribution in [3.63, 3.8) is 0 Å². The average molecular weight is 245 g/mol. The molecular weight excluding hydrogens is 235 g/mol. The van der Waals surface area contributed by atoms with Gasteiger partial charge in [-0.2, -0.15) is 13.2 Å². The lowest BCUT2D eigenvalue weighted by Crippen LogP contribution is -2.09. The maximum Gasteiger partial charge on any atom is 0.419 e. The number of halogens is 4. The highest BCUT2D eigenvalue weighted by Crippen LogP contribution is 2.35. The van der Waals surface area contributed by atoms with Crippen molar-refractivity contribution in [2.45, 2.75) is 13.0 Å². The zero-order valence-electron chi connectivity index (χ0n) is 10.5. The Balaban J connectivity index is 3.76. The topological polar surface area (TPSA) is 12.9 Å². The highest BCUT2D eigenvalue weighted by atomic mass is 79.9. The molecule has 0 saturated carbocycles. The van der Waals surface area contributed by atoms with E-state index in [1.165, 1.54) is 0 Å². The summed E-state index contributed by atoms with van der Waals surface area (Å²) >= 11 is 2.48.